The van der Waals surface area contributed by atoms with Gasteiger partial charge in [0.1, 0.15) is 6.07 Å². The molecule has 0 aliphatic carbocycles. The number of carbonyl (C=O) groups is 1. The predicted molar refractivity (Wildman–Crippen MR) is 48.8 cm³/mol. The molecular weight excluding hydrogens is 220 g/mol. The van der Waals surface area contributed by atoms with E-state index in [1.54, 1.807) is 0 Å². The van der Waals surface area contributed by atoms with Gasteiger partial charge in [0.2, 0.25) is 0 Å². The number of pyridine rings is 1. The monoisotopic (exact) mass is 227 g/mol. The second kappa shape index (κ2) is 4.63. The Balaban J connectivity index is 3.58. The van der Waals surface area contributed by atoms with Crippen LogP contribution in [0.3, 0.4) is 0 Å². The van der Waals surface area contributed by atoms with Crippen LogP contribution in [0.5, 0.6) is 0 Å². The van der Waals surface area contributed by atoms with Crippen molar-refractivity contribution < 1.29 is 18.7 Å². The number of nitrogens with zero attached hydrogens (tertiary/aromatic N) is 2. The van der Waals surface area contributed by atoms with Crippen molar-refractivity contribution in [3.05, 3.63) is 28.6 Å². The first-order valence-corrected chi connectivity index (χ1v) is 4.16. The van der Waals surface area contributed by atoms with Gasteiger partial charge < -0.3 is 10.8 Å². The Kier molecular flexibility index (Phi) is 3.48. The Bertz CT molecular complexity index is 469. The van der Waals surface area contributed by atoms with Crippen LogP contribution in [0.4, 0.5) is 8.78 Å². The van der Waals surface area contributed by atoms with Gasteiger partial charge in [0.15, 0.2) is 5.69 Å². The molecule has 0 atom stereocenters. The van der Waals surface area contributed by atoms with Gasteiger partial charge in [-0.05, 0) is 5.56 Å². The lowest BCUT2D eigenvalue weighted by atomic mass is 10.0. The standard InChI is InChI=1S/C9H7F2N3O2/c10-8(11)6-4(1-12)3-14-7(9(15)16)5(6)2-13/h3,8H,1,12H2,(H,15,16). The van der Waals surface area contributed by atoms with E-state index in [1.165, 1.54) is 6.07 Å². The van der Waals surface area contributed by atoms with Crippen LogP contribution in [-0.4, -0.2) is 16.1 Å². The van der Waals surface area contributed by atoms with Gasteiger partial charge in [-0.2, -0.15) is 5.26 Å². The van der Waals surface area contributed by atoms with Gasteiger partial charge in [0.05, 0.1) is 5.56 Å². The normalized spacial score (nSPS) is 10.2. The summed E-state index contributed by atoms with van der Waals surface area (Å²) >= 11 is 0. The summed E-state index contributed by atoms with van der Waals surface area (Å²) in [4.78, 5) is 14.1. The van der Waals surface area contributed by atoms with Crippen molar-refractivity contribution in [2.45, 2.75) is 13.0 Å². The molecule has 5 nitrogen and oxygen atoms in total. The number of halogens is 2. The molecule has 0 aliphatic rings. The first-order valence-electron chi connectivity index (χ1n) is 4.16. The summed E-state index contributed by atoms with van der Waals surface area (Å²) in [5.74, 6) is -1.53. The fourth-order valence-corrected chi connectivity index (χ4v) is 1.25. The fraction of sp³-hybridized carbons (Fsp3) is 0.222. The van der Waals surface area contributed by atoms with Crippen LogP contribution < -0.4 is 5.73 Å². The van der Waals surface area contributed by atoms with Crippen molar-refractivity contribution in [3.8, 4) is 6.07 Å². The number of carboxylic acid groups (broad SMARTS) is 1. The number of hydrogen-bond donors (Lipinski definition) is 2. The molecule has 0 aromatic carbocycles. The van der Waals surface area contributed by atoms with Gasteiger partial charge >= 0.3 is 5.97 Å². The average Bonchev–Trinajstić information content (AvgIpc) is 2.26. The molecule has 0 saturated carbocycles. The highest BCUT2D eigenvalue weighted by Crippen LogP contribution is 2.27. The number of alkyl halides is 2. The van der Waals surface area contributed by atoms with E-state index in [0.29, 0.717) is 0 Å². The van der Waals surface area contributed by atoms with Gasteiger partial charge in [0.25, 0.3) is 6.43 Å². The lowest BCUT2D eigenvalue weighted by Gasteiger charge is -2.09. The van der Waals surface area contributed by atoms with E-state index in [0.717, 1.165) is 6.20 Å². The Morgan fingerprint density at radius 3 is 2.69 bits per heavy atom. The minimum absolute atomic E-state index is 0.0310. The number of nitriles is 1. The summed E-state index contributed by atoms with van der Waals surface area (Å²) in [6, 6.07) is 1.42. The first kappa shape index (κ1) is 12.0. The molecule has 0 fully saturated rings. The van der Waals surface area contributed by atoms with E-state index >= 15 is 0 Å². The Hall–Kier alpha value is -2.07. The van der Waals surface area contributed by atoms with E-state index in [4.69, 9.17) is 16.1 Å². The highest BCUT2D eigenvalue weighted by molar-refractivity contribution is 5.89. The van der Waals surface area contributed by atoms with Crippen LogP contribution in [0.25, 0.3) is 0 Å². The largest absolute Gasteiger partial charge is 0.476 e. The van der Waals surface area contributed by atoms with Crippen molar-refractivity contribution in [1.29, 1.82) is 5.26 Å². The van der Waals surface area contributed by atoms with Crippen molar-refractivity contribution >= 4 is 5.97 Å². The number of hydrogen-bond acceptors (Lipinski definition) is 4. The number of aromatic carboxylic acids is 1. The smallest absolute Gasteiger partial charge is 0.355 e. The van der Waals surface area contributed by atoms with Crippen molar-refractivity contribution in [2.75, 3.05) is 0 Å². The summed E-state index contributed by atoms with van der Waals surface area (Å²) in [6.07, 6.45) is -2.01. The van der Waals surface area contributed by atoms with Gasteiger partial charge in [-0.1, -0.05) is 0 Å². The molecule has 1 rings (SSSR count). The van der Waals surface area contributed by atoms with E-state index in [-0.39, 0.29) is 12.1 Å². The second-order valence-corrected chi connectivity index (χ2v) is 2.84. The maximum Gasteiger partial charge on any atom is 0.355 e. The lowest BCUT2D eigenvalue weighted by Crippen LogP contribution is -2.12. The molecule has 0 aliphatic heterocycles. The molecule has 3 N–H and O–H groups in total. The van der Waals surface area contributed by atoms with Crippen molar-refractivity contribution in [3.63, 3.8) is 0 Å². The molecule has 7 heteroatoms. The average molecular weight is 227 g/mol. The minimum Gasteiger partial charge on any atom is -0.476 e. The summed E-state index contributed by atoms with van der Waals surface area (Å²) in [5.41, 5.74) is 3.20. The molecule has 0 unspecified atom stereocenters. The topological polar surface area (TPSA) is 100 Å². The molecular formula is C9H7F2N3O2. The fourth-order valence-electron chi connectivity index (χ4n) is 1.25. The molecule has 1 heterocycles. The molecule has 16 heavy (non-hydrogen) atoms. The van der Waals surface area contributed by atoms with Gasteiger partial charge in [-0.3, -0.25) is 0 Å². The Morgan fingerprint density at radius 1 is 1.69 bits per heavy atom. The van der Waals surface area contributed by atoms with E-state index in [2.05, 4.69) is 4.98 Å². The SMILES string of the molecule is N#Cc1c(C(=O)O)ncc(CN)c1C(F)F. The zero-order valence-corrected chi connectivity index (χ0v) is 7.94. The van der Waals surface area contributed by atoms with Crippen LogP contribution in [0.2, 0.25) is 0 Å². The molecule has 84 valence electrons. The zero-order chi connectivity index (χ0) is 12.3. The summed E-state index contributed by atoms with van der Waals surface area (Å²) in [6.45, 7) is -0.235. The predicted octanol–water partition coefficient (Wildman–Crippen LogP) is 1.05. The van der Waals surface area contributed by atoms with Crippen LogP contribution in [0.15, 0.2) is 6.20 Å². The van der Waals surface area contributed by atoms with Gasteiger partial charge in [0, 0.05) is 18.3 Å². The van der Waals surface area contributed by atoms with Crippen LogP contribution in [-0.2, 0) is 6.54 Å². The van der Waals surface area contributed by atoms with Gasteiger partial charge in [-0.15, -0.1) is 0 Å². The summed E-state index contributed by atoms with van der Waals surface area (Å²) in [5, 5.41) is 17.4. The van der Waals surface area contributed by atoms with E-state index < -0.39 is 29.2 Å². The second-order valence-electron chi connectivity index (χ2n) is 2.84. The van der Waals surface area contributed by atoms with Crippen LogP contribution >= 0.6 is 0 Å². The third-order valence-electron chi connectivity index (χ3n) is 1.95. The Labute approximate surface area is 89.1 Å². The lowest BCUT2D eigenvalue weighted by molar-refractivity contribution is 0.0689. The zero-order valence-electron chi connectivity index (χ0n) is 7.94. The molecule has 1 aromatic heterocycles. The minimum atomic E-state index is -2.96. The van der Waals surface area contributed by atoms with Crippen molar-refractivity contribution in [1.82, 2.24) is 4.98 Å². The molecule has 0 spiro atoms. The Morgan fingerprint density at radius 2 is 2.31 bits per heavy atom. The van der Waals surface area contributed by atoms with Crippen LogP contribution in [0.1, 0.15) is 33.6 Å². The number of rotatable bonds is 3. The summed E-state index contributed by atoms with van der Waals surface area (Å²) in [7, 11) is 0. The number of nitrogens with two attached hydrogens (primary N) is 1. The molecule has 0 bridgehead atoms. The summed E-state index contributed by atoms with van der Waals surface area (Å²) < 4.78 is 25.4. The first-order chi connectivity index (χ1) is 7.52. The van der Waals surface area contributed by atoms with Crippen molar-refractivity contribution in [2.24, 2.45) is 5.73 Å². The number of aromatic nitrogens is 1. The maximum atomic E-state index is 12.7. The highest BCUT2D eigenvalue weighted by atomic mass is 19.3. The van der Waals surface area contributed by atoms with Crippen LogP contribution in [0, 0.1) is 11.3 Å². The maximum absolute atomic E-state index is 12.7. The molecule has 1 aromatic rings. The molecule has 0 saturated heterocycles. The molecule has 0 radical (unpaired) electrons. The quantitative estimate of drug-likeness (QED) is 0.803. The highest BCUT2D eigenvalue weighted by Gasteiger charge is 2.24. The van der Waals surface area contributed by atoms with E-state index in [9.17, 15) is 13.6 Å². The van der Waals surface area contributed by atoms with E-state index in [1.807, 2.05) is 0 Å². The van der Waals surface area contributed by atoms with Gasteiger partial charge in [-0.25, -0.2) is 18.6 Å². The molecule has 0 amide bonds. The third-order valence-corrected chi connectivity index (χ3v) is 1.95. The third kappa shape index (κ3) is 1.97. The number of carboxylic acids is 1.